The van der Waals surface area contributed by atoms with Gasteiger partial charge in [0.2, 0.25) is 0 Å². The third-order valence-electron chi connectivity index (χ3n) is 3.00. The lowest BCUT2D eigenvalue weighted by molar-refractivity contribution is 0.410. The van der Waals surface area contributed by atoms with Crippen molar-refractivity contribution in [2.75, 3.05) is 13.7 Å². The Morgan fingerprint density at radius 1 is 1.48 bits per heavy atom. The largest absolute Gasteiger partial charge is 0.496 e. The van der Waals surface area contributed by atoms with Crippen LogP contribution in [0.3, 0.4) is 0 Å². The average Bonchev–Trinajstić information content (AvgIpc) is 2.94. The minimum atomic E-state index is -0.360. The van der Waals surface area contributed by atoms with Gasteiger partial charge in [-0.2, -0.15) is 5.26 Å². The number of benzene rings is 1. The maximum absolute atomic E-state index is 9.19. The van der Waals surface area contributed by atoms with Crippen molar-refractivity contribution in [1.82, 2.24) is 4.98 Å². The zero-order valence-electron chi connectivity index (χ0n) is 12.1. The molecule has 0 amide bonds. The first-order valence-electron chi connectivity index (χ1n) is 6.68. The molecule has 0 saturated carbocycles. The first-order chi connectivity index (χ1) is 10.2. The van der Waals surface area contributed by atoms with Crippen molar-refractivity contribution in [2.45, 2.75) is 19.3 Å². The SMILES string of the molecule is COc1ccccc1CCN=C[C@H](C#N)c1nc(C)cs1. The molecule has 0 aliphatic heterocycles. The second-order valence-electron chi connectivity index (χ2n) is 4.55. The van der Waals surface area contributed by atoms with Crippen LogP contribution in [0.5, 0.6) is 5.75 Å². The van der Waals surface area contributed by atoms with E-state index < -0.39 is 0 Å². The highest BCUT2D eigenvalue weighted by Gasteiger charge is 2.11. The highest BCUT2D eigenvalue weighted by molar-refractivity contribution is 7.09. The van der Waals surface area contributed by atoms with Crippen molar-refractivity contribution in [1.29, 1.82) is 5.26 Å². The van der Waals surface area contributed by atoms with Gasteiger partial charge in [-0.3, -0.25) is 4.99 Å². The van der Waals surface area contributed by atoms with Gasteiger partial charge >= 0.3 is 0 Å². The highest BCUT2D eigenvalue weighted by Crippen LogP contribution is 2.19. The van der Waals surface area contributed by atoms with E-state index in [4.69, 9.17) is 4.74 Å². The van der Waals surface area contributed by atoms with Gasteiger partial charge in [-0.05, 0) is 25.0 Å². The van der Waals surface area contributed by atoms with Crippen molar-refractivity contribution in [2.24, 2.45) is 4.99 Å². The lowest BCUT2D eigenvalue weighted by atomic mass is 10.1. The van der Waals surface area contributed by atoms with Gasteiger partial charge in [0.05, 0.1) is 13.2 Å². The van der Waals surface area contributed by atoms with E-state index in [0.29, 0.717) is 6.54 Å². The highest BCUT2D eigenvalue weighted by atomic mass is 32.1. The van der Waals surface area contributed by atoms with Crippen molar-refractivity contribution in [3.8, 4) is 11.8 Å². The third-order valence-corrected chi connectivity index (χ3v) is 4.04. The second-order valence-corrected chi connectivity index (χ2v) is 5.44. The Hall–Kier alpha value is -2.19. The van der Waals surface area contributed by atoms with Crippen molar-refractivity contribution < 1.29 is 4.74 Å². The molecule has 2 aromatic rings. The second kappa shape index (κ2) is 7.55. The summed E-state index contributed by atoms with van der Waals surface area (Å²) in [6, 6.07) is 10.1. The number of aryl methyl sites for hydroxylation is 1. The molecule has 108 valence electrons. The predicted molar refractivity (Wildman–Crippen MR) is 85.3 cm³/mol. The zero-order chi connectivity index (χ0) is 15.1. The molecule has 0 spiro atoms. The quantitative estimate of drug-likeness (QED) is 0.768. The molecular weight excluding hydrogens is 282 g/mol. The number of aliphatic imine (C=N–C) groups is 1. The molecule has 0 unspecified atom stereocenters. The minimum absolute atomic E-state index is 0.360. The topological polar surface area (TPSA) is 58.3 Å². The van der Waals surface area contributed by atoms with Gasteiger partial charge in [-0.1, -0.05) is 18.2 Å². The zero-order valence-corrected chi connectivity index (χ0v) is 12.9. The van der Waals surface area contributed by atoms with Gasteiger partial charge in [-0.25, -0.2) is 4.98 Å². The summed E-state index contributed by atoms with van der Waals surface area (Å²) in [5.74, 6) is 0.515. The Kier molecular flexibility index (Phi) is 5.47. The number of thiazole rings is 1. The van der Waals surface area contributed by atoms with Gasteiger partial charge in [0.1, 0.15) is 16.7 Å². The summed E-state index contributed by atoms with van der Waals surface area (Å²) in [4.78, 5) is 8.69. The van der Waals surface area contributed by atoms with E-state index in [1.165, 1.54) is 11.3 Å². The maximum Gasteiger partial charge on any atom is 0.133 e. The number of aromatic nitrogens is 1. The Bertz CT molecular complexity index is 658. The summed E-state index contributed by atoms with van der Waals surface area (Å²) in [5.41, 5.74) is 2.06. The van der Waals surface area contributed by atoms with E-state index in [1.54, 1.807) is 13.3 Å². The predicted octanol–water partition coefficient (Wildman–Crippen LogP) is 3.38. The molecule has 0 N–H and O–H groups in total. The van der Waals surface area contributed by atoms with Crippen LogP contribution < -0.4 is 4.74 Å². The van der Waals surface area contributed by atoms with Crippen LogP contribution in [0.1, 0.15) is 22.2 Å². The lowest BCUT2D eigenvalue weighted by Gasteiger charge is -2.06. The molecule has 1 aromatic carbocycles. The van der Waals surface area contributed by atoms with Crippen LogP contribution in [-0.2, 0) is 6.42 Å². The molecule has 0 radical (unpaired) electrons. The number of nitriles is 1. The summed E-state index contributed by atoms with van der Waals surface area (Å²) < 4.78 is 5.30. The third kappa shape index (κ3) is 4.14. The fourth-order valence-electron chi connectivity index (χ4n) is 1.94. The Balaban J connectivity index is 1.94. The van der Waals surface area contributed by atoms with Crippen LogP contribution in [0.2, 0.25) is 0 Å². The molecule has 0 saturated heterocycles. The van der Waals surface area contributed by atoms with Crippen molar-refractivity contribution in [3.05, 3.63) is 45.9 Å². The summed E-state index contributed by atoms with van der Waals surface area (Å²) in [5, 5.41) is 11.9. The number of rotatable bonds is 6. The van der Waals surface area contributed by atoms with Crippen LogP contribution in [0, 0.1) is 18.3 Å². The van der Waals surface area contributed by atoms with E-state index in [9.17, 15) is 5.26 Å². The minimum Gasteiger partial charge on any atom is -0.496 e. The van der Waals surface area contributed by atoms with Crippen LogP contribution in [0.4, 0.5) is 0 Å². The Morgan fingerprint density at radius 3 is 2.95 bits per heavy atom. The number of hydrogen-bond donors (Lipinski definition) is 0. The van der Waals surface area contributed by atoms with Gasteiger partial charge < -0.3 is 4.74 Å². The van der Waals surface area contributed by atoms with Crippen LogP contribution in [0.25, 0.3) is 0 Å². The fourth-order valence-corrected chi connectivity index (χ4v) is 2.74. The molecule has 2 rings (SSSR count). The van der Waals surface area contributed by atoms with Gasteiger partial charge in [0.25, 0.3) is 0 Å². The van der Waals surface area contributed by atoms with Crippen molar-refractivity contribution in [3.63, 3.8) is 0 Å². The molecule has 4 nitrogen and oxygen atoms in total. The normalized spacial score (nSPS) is 12.2. The molecule has 0 fully saturated rings. The summed E-state index contributed by atoms with van der Waals surface area (Å²) >= 11 is 1.50. The molecule has 1 aromatic heterocycles. The van der Waals surface area contributed by atoms with Gasteiger partial charge in [0, 0.05) is 23.8 Å². The number of hydrogen-bond acceptors (Lipinski definition) is 5. The Labute approximate surface area is 128 Å². The van der Waals surface area contributed by atoms with E-state index in [0.717, 1.165) is 28.4 Å². The fraction of sp³-hybridized carbons (Fsp3) is 0.312. The number of nitrogens with zero attached hydrogens (tertiary/aromatic N) is 3. The first-order valence-corrected chi connectivity index (χ1v) is 7.56. The van der Waals surface area contributed by atoms with Crippen LogP contribution >= 0.6 is 11.3 Å². The van der Waals surface area contributed by atoms with E-state index in [-0.39, 0.29) is 5.92 Å². The lowest BCUT2D eigenvalue weighted by Crippen LogP contribution is -1.99. The first kappa shape index (κ1) is 15.2. The average molecular weight is 299 g/mol. The van der Waals surface area contributed by atoms with E-state index in [2.05, 4.69) is 16.0 Å². The van der Waals surface area contributed by atoms with E-state index in [1.807, 2.05) is 36.6 Å². The molecule has 0 aliphatic rings. The molecule has 21 heavy (non-hydrogen) atoms. The monoisotopic (exact) mass is 299 g/mol. The van der Waals surface area contributed by atoms with Crippen molar-refractivity contribution >= 4 is 17.6 Å². The molecule has 0 aliphatic carbocycles. The standard InChI is InChI=1S/C16H17N3OS/c1-12-11-21-16(19-12)14(9-17)10-18-8-7-13-5-3-4-6-15(13)20-2/h3-6,10-11,14H,7-8H2,1-2H3/t14-/m0/s1. The number of para-hydroxylation sites is 1. The van der Waals surface area contributed by atoms with Gasteiger partial charge in [-0.15, -0.1) is 11.3 Å². The molecule has 1 heterocycles. The molecule has 0 bridgehead atoms. The van der Waals surface area contributed by atoms with Crippen LogP contribution in [-0.4, -0.2) is 24.9 Å². The number of ether oxygens (including phenoxy) is 1. The number of methoxy groups -OCH3 is 1. The van der Waals surface area contributed by atoms with Gasteiger partial charge in [0.15, 0.2) is 0 Å². The summed E-state index contributed by atoms with van der Waals surface area (Å²) in [6.45, 7) is 2.55. The van der Waals surface area contributed by atoms with E-state index >= 15 is 0 Å². The molecular formula is C16H17N3OS. The maximum atomic E-state index is 9.19. The smallest absolute Gasteiger partial charge is 0.133 e. The molecule has 5 heteroatoms. The summed E-state index contributed by atoms with van der Waals surface area (Å²) in [7, 11) is 1.67. The van der Waals surface area contributed by atoms with Crippen LogP contribution in [0.15, 0.2) is 34.6 Å². The molecule has 1 atom stereocenters. The summed E-state index contributed by atoms with van der Waals surface area (Å²) in [6.07, 6.45) is 2.48. The Morgan fingerprint density at radius 2 is 2.29 bits per heavy atom.